The van der Waals surface area contributed by atoms with Crippen LogP contribution in [0.15, 0.2) is 30.0 Å². The second kappa shape index (κ2) is 3.95. The number of carbonyl (C=O) groups is 1. The summed E-state index contributed by atoms with van der Waals surface area (Å²) >= 11 is 5.81. The van der Waals surface area contributed by atoms with Crippen molar-refractivity contribution >= 4 is 23.1 Å². The molecule has 0 saturated heterocycles. The van der Waals surface area contributed by atoms with Gasteiger partial charge >= 0.3 is 0 Å². The van der Waals surface area contributed by atoms with Crippen molar-refractivity contribution in [3.63, 3.8) is 0 Å². The Balaban J connectivity index is 2.32. The molecule has 1 aromatic rings. The summed E-state index contributed by atoms with van der Waals surface area (Å²) in [4.78, 5) is 11.8. The van der Waals surface area contributed by atoms with Crippen LogP contribution in [0.4, 0.5) is 5.69 Å². The maximum absolute atomic E-state index is 11.8. The highest BCUT2D eigenvalue weighted by Crippen LogP contribution is 2.21. The van der Waals surface area contributed by atoms with E-state index in [1.165, 1.54) is 0 Å². The quantitative estimate of drug-likeness (QED) is 0.619. The Morgan fingerprint density at radius 3 is 2.80 bits per heavy atom. The molecule has 0 saturated carbocycles. The van der Waals surface area contributed by atoms with Crippen LogP contribution < -0.4 is 5.73 Å². The van der Waals surface area contributed by atoms with Crippen molar-refractivity contribution in [2.75, 3.05) is 12.3 Å². The third-order valence-electron chi connectivity index (χ3n) is 2.11. The van der Waals surface area contributed by atoms with Gasteiger partial charge in [0.15, 0.2) is 5.76 Å². The molecule has 3 nitrogen and oxygen atoms in total. The summed E-state index contributed by atoms with van der Waals surface area (Å²) in [7, 11) is 0. The smallest absolute Gasteiger partial charge is 0.227 e. The van der Waals surface area contributed by atoms with Gasteiger partial charge in [0.25, 0.3) is 0 Å². The van der Waals surface area contributed by atoms with Gasteiger partial charge in [0, 0.05) is 22.7 Å². The Morgan fingerprint density at radius 2 is 2.20 bits per heavy atom. The van der Waals surface area contributed by atoms with Crippen LogP contribution in [0.3, 0.4) is 0 Å². The van der Waals surface area contributed by atoms with Crippen LogP contribution in [0.1, 0.15) is 16.8 Å². The first-order chi connectivity index (χ1) is 7.16. The first-order valence-corrected chi connectivity index (χ1v) is 4.98. The molecule has 1 aliphatic rings. The van der Waals surface area contributed by atoms with Crippen molar-refractivity contribution in [1.82, 2.24) is 0 Å². The Kier molecular flexibility index (Phi) is 2.64. The summed E-state index contributed by atoms with van der Waals surface area (Å²) in [6, 6.07) is 4.78. The van der Waals surface area contributed by atoms with Crippen LogP contribution in [-0.4, -0.2) is 12.4 Å². The number of hydrogen-bond acceptors (Lipinski definition) is 3. The van der Waals surface area contributed by atoms with Gasteiger partial charge in [-0.15, -0.1) is 0 Å². The third kappa shape index (κ3) is 2.13. The Labute approximate surface area is 92.5 Å². The maximum atomic E-state index is 11.8. The lowest BCUT2D eigenvalue weighted by molar-refractivity contribution is 0.0942. The summed E-state index contributed by atoms with van der Waals surface area (Å²) in [5, 5.41) is 0.456. The molecule has 1 aromatic carbocycles. The van der Waals surface area contributed by atoms with Gasteiger partial charge in [-0.1, -0.05) is 11.6 Å². The minimum Gasteiger partial charge on any atom is -0.489 e. The molecule has 2 rings (SSSR count). The molecule has 0 aliphatic carbocycles. The van der Waals surface area contributed by atoms with E-state index in [0.29, 0.717) is 28.6 Å². The monoisotopic (exact) mass is 223 g/mol. The number of nitrogens with two attached hydrogens (primary N) is 1. The van der Waals surface area contributed by atoms with Gasteiger partial charge in [0.05, 0.1) is 6.61 Å². The van der Waals surface area contributed by atoms with Crippen molar-refractivity contribution in [2.24, 2.45) is 0 Å². The fourth-order valence-electron chi connectivity index (χ4n) is 1.46. The molecule has 0 unspecified atom stereocenters. The minimum atomic E-state index is -0.165. The van der Waals surface area contributed by atoms with Crippen molar-refractivity contribution < 1.29 is 9.53 Å². The van der Waals surface area contributed by atoms with Crippen LogP contribution in [0, 0.1) is 0 Å². The van der Waals surface area contributed by atoms with Crippen molar-refractivity contribution in [1.29, 1.82) is 0 Å². The zero-order valence-electron chi connectivity index (χ0n) is 8.00. The van der Waals surface area contributed by atoms with E-state index in [2.05, 4.69) is 0 Å². The normalized spacial score (nSPS) is 14.6. The second-order valence-electron chi connectivity index (χ2n) is 3.31. The predicted molar refractivity (Wildman–Crippen MR) is 58.8 cm³/mol. The first kappa shape index (κ1) is 10.1. The number of halogens is 1. The van der Waals surface area contributed by atoms with Gasteiger partial charge in [-0.05, 0) is 24.3 Å². The molecule has 0 aromatic heterocycles. The van der Waals surface area contributed by atoms with Crippen LogP contribution in [0.25, 0.3) is 0 Å². The summed E-state index contributed by atoms with van der Waals surface area (Å²) < 4.78 is 5.18. The molecule has 2 N–H and O–H groups in total. The standard InChI is InChI=1S/C11H10ClNO2/c12-8-4-7(5-9(13)6-8)11(14)10-2-1-3-15-10/h2,4-6H,1,3,13H2. The SMILES string of the molecule is Nc1cc(Cl)cc(C(=O)C2=CCCO2)c1. The number of rotatable bonds is 2. The van der Waals surface area contributed by atoms with Gasteiger partial charge in [-0.25, -0.2) is 0 Å². The van der Waals surface area contributed by atoms with Crippen LogP contribution in [0.2, 0.25) is 5.02 Å². The number of ketones is 1. The van der Waals surface area contributed by atoms with E-state index in [9.17, 15) is 4.79 Å². The number of allylic oxidation sites excluding steroid dienone is 1. The largest absolute Gasteiger partial charge is 0.489 e. The topological polar surface area (TPSA) is 52.3 Å². The number of ether oxygens (including phenoxy) is 1. The van der Waals surface area contributed by atoms with E-state index in [1.807, 2.05) is 0 Å². The molecule has 0 spiro atoms. The van der Waals surface area contributed by atoms with Crippen molar-refractivity contribution in [2.45, 2.75) is 6.42 Å². The molecule has 0 radical (unpaired) electrons. The second-order valence-corrected chi connectivity index (χ2v) is 3.74. The van der Waals surface area contributed by atoms with Gasteiger partial charge in [-0.3, -0.25) is 4.79 Å². The van der Waals surface area contributed by atoms with Crippen molar-refractivity contribution in [3.05, 3.63) is 40.6 Å². The molecule has 0 atom stereocenters. The fourth-order valence-corrected chi connectivity index (χ4v) is 1.71. The zero-order valence-corrected chi connectivity index (χ0v) is 8.75. The molecule has 15 heavy (non-hydrogen) atoms. The Bertz CT molecular complexity index is 420. The highest BCUT2D eigenvalue weighted by molar-refractivity contribution is 6.31. The number of Topliss-reactive ketones (excluding diaryl/α,β-unsaturated/α-hetero) is 1. The van der Waals surface area contributed by atoms with Crippen LogP contribution >= 0.6 is 11.6 Å². The average Bonchev–Trinajstić information content (AvgIpc) is 2.67. The van der Waals surface area contributed by atoms with Gasteiger partial charge in [0.2, 0.25) is 5.78 Å². The van der Waals surface area contributed by atoms with Crippen LogP contribution in [-0.2, 0) is 4.74 Å². The summed E-state index contributed by atoms with van der Waals surface area (Å²) in [6.45, 7) is 0.567. The number of benzene rings is 1. The third-order valence-corrected chi connectivity index (χ3v) is 2.33. The molecule has 1 heterocycles. The molecule has 4 heteroatoms. The van der Waals surface area contributed by atoms with Gasteiger partial charge in [0.1, 0.15) is 0 Å². The number of carbonyl (C=O) groups excluding carboxylic acids is 1. The molecule has 0 bridgehead atoms. The first-order valence-electron chi connectivity index (χ1n) is 4.60. The Hall–Kier alpha value is -1.48. The Morgan fingerprint density at radius 1 is 1.40 bits per heavy atom. The van der Waals surface area contributed by atoms with Gasteiger partial charge in [-0.2, -0.15) is 0 Å². The van der Waals surface area contributed by atoms with Gasteiger partial charge < -0.3 is 10.5 Å². The van der Waals surface area contributed by atoms with E-state index in [0.717, 1.165) is 6.42 Å². The summed E-state index contributed by atoms with van der Waals surface area (Å²) in [6.07, 6.45) is 2.55. The minimum absolute atomic E-state index is 0.165. The molecule has 78 valence electrons. The fraction of sp³-hybridized carbons (Fsp3) is 0.182. The average molecular weight is 224 g/mol. The highest BCUT2D eigenvalue weighted by Gasteiger charge is 2.17. The maximum Gasteiger partial charge on any atom is 0.227 e. The lowest BCUT2D eigenvalue weighted by Gasteiger charge is -2.04. The molecule has 1 aliphatic heterocycles. The van der Waals surface area contributed by atoms with E-state index in [-0.39, 0.29) is 5.78 Å². The summed E-state index contributed by atoms with van der Waals surface area (Å²) in [5.74, 6) is 0.221. The molecule has 0 amide bonds. The van der Waals surface area contributed by atoms with Crippen molar-refractivity contribution in [3.8, 4) is 0 Å². The van der Waals surface area contributed by atoms with E-state index >= 15 is 0 Å². The van der Waals surface area contributed by atoms with E-state index in [4.69, 9.17) is 22.1 Å². The van der Waals surface area contributed by atoms with E-state index in [1.54, 1.807) is 24.3 Å². The number of nitrogen functional groups attached to an aromatic ring is 1. The number of anilines is 1. The lowest BCUT2D eigenvalue weighted by atomic mass is 10.1. The number of hydrogen-bond donors (Lipinski definition) is 1. The lowest BCUT2D eigenvalue weighted by Crippen LogP contribution is -2.04. The predicted octanol–water partition coefficient (Wildman–Crippen LogP) is 2.41. The molecular formula is C11H10ClNO2. The van der Waals surface area contributed by atoms with E-state index < -0.39 is 0 Å². The molecular weight excluding hydrogens is 214 g/mol. The van der Waals surface area contributed by atoms with Crippen LogP contribution in [0.5, 0.6) is 0 Å². The molecule has 0 fully saturated rings. The summed E-state index contributed by atoms with van der Waals surface area (Å²) in [5.41, 5.74) is 6.54. The zero-order chi connectivity index (χ0) is 10.8. The highest BCUT2D eigenvalue weighted by atomic mass is 35.5.